The fourth-order valence-electron chi connectivity index (χ4n) is 2.79. The van der Waals surface area contributed by atoms with E-state index in [1.807, 2.05) is 19.9 Å². The van der Waals surface area contributed by atoms with Crippen LogP contribution in [0.25, 0.3) is 0 Å². The Morgan fingerprint density at radius 3 is 2.15 bits per heavy atom. The van der Waals surface area contributed by atoms with E-state index in [0.717, 1.165) is 5.56 Å². The van der Waals surface area contributed by atoms with Gasteiger partial charge in [-0.3, -0.25) is 9.59 Å². The van der Waals surface area contributed by atoms with Crippen LogP contribution in [-0.2, 0) is 4.79 Å². The van der Waals surface area contributed by atoms with Gasteiger partial charge in [0.25, 0.3) is 5.91 Å². The van der Waals surface area contributed by atoms with Crippen LogP contribution >= 0.6 is 0 Å². The summed E-state index contributed by atoms with van der Waals surface area (Å²) < 4.78 is 13.1. The van der Waals surface area contributed by atoms with Gasteiger partial charge in [-0.05, 0) is 41.7 Å². The van der Waals surface area contributed by atoms with E-state index in [2.05, 4.69) is 10.6 Å². The maximum Gasteiger partial charge on any atom is 0.251 e. The lowest BCUT2D eigenvalue weighted by Crippen LogP contribution is -2.35. The Balaban J connectivity index is 1.78. The van der Waals surface area contributed by atoms with Crippen molar-refractivity contribution in [2.24, 2.45) is 5.92 Å². The molecule has 2 aromatic rings. The van der Waals surface area contributed by atoms with Crippen molar-refractivity contribution in [3.05, 3.63) is 71.5 Å². The number of rotatable bonds is 8. The lowest BCUT2D eigenvalue weighted by Gasteiger charge is -2.21. The third kappa shape index (κ3) is 5.99. The maximum absolute atomic E-state index is 13.1. The summed E-state index contributed by atoms with van der Waals surface area (Å²) in [6, 6.07) is 15.2. The molecular formula is C21H25FN2O2. The topological polar surface area (TPSA) is 58.2 Å². The summed E-state index contributed by atoms with van der Waals surface area (Å²) in [5.74, 6) is -0.249. The van der Waals surface area contributed by atoms with Crippen LogP contribution in [0.1, 0.15) is 42.1 Å². The minimum Gasteiger partial charge on any atom is -0.354 e. The van der Waals surface area contributed by atoms with E-state index >= 15 is 0 Å². The van der Waals surface area contributed by atoms with Gasteiger partial charge in [-0.1, -0.05) is 44.2 Å². The van der Waals surface area contributed by atoms with Gasteiger partial charge in [0.15, 0.2) is 0 Å². The van der Waals surface area contributed by atoms with Gasteiger partial charge in [0, 0.05) is 25.1 Å². The highest BCUT2D eigenvalue weighted by Crippen LogP contribution is 2.27. The molecule has 2 aromatic carbocycles. The summed E-state index contributed by atoms with van der Waals surface area (Å²) in [7, 11) is 0. The Kier molecular flexibility index (Phi) is 7.33. The van der Waals surface area contributed by atoms with Crippen LogP contribution in [-0.4, -0.2) is 24.9 Å². The van der Waals surface area contributed by atoms with Crippen molar-refractivity contribution in [3.8, 4) is 0 Å². The minimum absolute atomic E-state index is 0.0227. The number of amides is 2. The van der Waals surface area contributed by atoms with Crippen LogP contribution in [0.2, 0.25) is 0 Å². The number of halogens is 1. The van der Waals surface area contributed by atoms with Crippen LogP contribution in [0.5, 0.6) is 0 Å². The molecule has 2 rings (SSSR count). The molecule has 0 saturated heterocycles. The molecule has 0 aromatic heterocycles. The van der Waals surface area contributed by atoms with E-state index < -0.39 is 0 Å². The molecule has 0 heterocycles. The monoisotopic (exact) mass is 356 g/mol. The van der Waals surface area contributed by atoms with E-state index in [0.29, 0.717) is 25.1 Å². The first-order chi connectivity index (χ1) is 12.5. The van der Waals surface area contributed by atoms with E-state index in [-0.39, 0.29) is 29.5 Å². The molecule has 0 fully saturated rings. The average molecular weight is 356 g/mol. The van der Waals surface area contributed by atoms with Crippen molar-refractivity contribution in [2.45, 2.75) is 26.2 Å². The third-order valence-electron chi connectivity index (χ3n) is 4.28. The predicted octanol–water partition coefficient (Wildman–Crippen LogP) is 3.50. The largest absolute Gasteiger partial charge is 0.354 e. The molecule has 5 heteroatoms. The van der Waals surface area contributed by atoms with Crippen LogP contribution < -0.4 is 10.6 Å². The second-order valence-corrected chi connectivity index (χ2v) is 6.58. The number of nitrogens with one attached hydrogen (secondary N) is 2. The molecule has 2 N–H and O–H groups in total. The number of hydrogen-bond donors (Lipinski definition) is 2. The Morgan fingerprint density at radius 2 is 1.54 bits per heavy atom. The molecule has 0 aliphatic heterocycles. The summed E-state index contributed by atoms with van der Waals surface area (Å²) in [6.07, 6.45) is 0.329. The fraction of sp³-hybridized carbons (Fsp3) is 0.333. The van der Waals surface area contributed by atoms with Crippen LogP contribution in [0, 0.1) is 11.7 Å². The zero-order valence-corrected chi connectivity index (χ0v) is 15.2. The van der Waals surface area contributed by atoms with Gasteiger partial charge in [0.1, 0.15) is 5.82 Å². The number of hydrogen-bond acceptors (Lipinski definition) is 2. The molecule has 1 atom stereocenters. The highest BCUT2D eigenvalue weighted by Gasteiger charge is 2.19. The van der Waals surface area contributed by atoms with E-state index in [9.17, 15) is 14.0 Å². The molecule has 0 spiro atoms. The van der Waals surface area contributed by atoms with Gasteiger partial charge in [-0.15, -0.1) is 0 Å². The minimum atomic E-state index is -0.283. The zero-order chi connectivity index (χ0) is 18.9. The molecular weight excluding hydrogens is 331 g/mol. The van der Waals surface area contributed by atoms with Gasteiger partial charge >= 0.3 is 0 Å². The summed E-state index contributed by atoms with van der Waals surface area (Å²) in [4.78, 5) is 24.1. The van der Waals surface area contributed by atoms with Crippen molar-refractivity contribution in [3.63, 3.8) is 0 Å². The lowest BCUT2D eigenvalue weighted by molar-refractivity contribution is -0.121. The van der Waals surface area contributed by atoms with Gasteiger partial charge in [0.05, 0.1) is 0 Å². The SMILES string of the molecule is CC(C)C(CC(=O)NCCNC(=O)c1ccccc1)c1ccc(F)cc1. The standard InChI is InChI=1S/C21H25FN2O2/c1-15(2)19(16-8-10-18(22)11-9-16)14-20(25)23-12-13-24-21(26)17-6-4-3-5-7-17/h3-11,15,19H,12-14H2,1-2H3,(H,23,25)(H,24,26). The fourth-order valence-corrected chi connectivity index (χ4v) is 2.79. The summed E-state index contributed by atoms with van der Waals surface area (Å²) in [5.41, 5.74) is 1.55. The van der Waals surface area contributed by atoms with Crippen LogP contribution in [0.4, 0.5) is 4.39 Å². The smallest absolute Gasteiger partial charge is 0.251 e. The zero-order valence-electron chi connectivity index (χ0n) is 15.2. The van der Waals surface area contributed by atoms with Crippen molar-refractivity contribution >= 4 is 11.8 Å². The summed E-state index contributed by atoms with van der Waals surface area (Å²) >= 11 is 0. The first-order valence-electron chi connectivity index (χ1n) is 8.82. The number of benzene rings is 2. The van der Waals surface area contributed by atoms with Gasteiger partial charge in [-0.2, -0.15) is 0 Å². The van der Waals surface area contributed by atoms with Crippen molar-refractivity contribution in [1.82, 2.24) is 10.6 Å². The Hall–Kier alpha value is -2.69. The molecule has 2 amide bonds. The molecule has 0 bridgehead atoms. The van der Waals surface area contributed by atoms with Crippen LogP contribution in [0.15, 0.2) is 54.6 Å². The summed E-state index contributed by atoms with van der Waals surface area (Å²) in [6.45, 7) is 4.82. The normalized spacial score (nSPS) is 11.8. The first kappa shape index (κ1) is 19.6. The van der Waals surface area contributed by atoms with Crippen molar-refractivity contribution in [2.75, 3.05) is 13.1 Å². The summed E-state index contributed by atoms with van der Waals surface area (Å²) in [5, 5.41) is 5.60. The molecule has 1 unspecified atom stereocenters. The third-order valence-corrected chi connectivity index (χ3v) is 4.28. The Bertz CT molecular complexity index is 715. The van der Waals surface area contributed by atoms with Crippen molar-refractivity contribution in [1.29, 1.82) is 0 Å². The van der Waals surface area contributed by atoms with E-state index in [1.165, 1.54) is 12.1 Å². The van der Waals surface area contributed by atoms with E-state index in [4.69, 9.17) is 0 Å². The number of carbonyl (C=O) groups excluding carboxylic acids is 2. The second kappa shape index (κ2) is 9.70. The first-order valence-corrected chi connectivity index (χ1v) is 8.82. The van der Waals surface area contributed by atoms with E-state index in [1.54, 1.807) is 36.4 Å². The van der Waals surface area contributed by atoms with Gasteiger partial charge in [0.2, 0.25) is 5.91 Å². The average Bonchev–Trinajstić information content (AvgIpc) is 2.64. The van der Waals surface area contributed by atoms with Gasteiger partial charge in [-0.25, -0.2) is 4.39 Å². The molecule has 26 heavy (non-hydrogen) atoms. The highest BCUT2D eigenvalue weighted by atomic mass is 19.1. The number of carbonyl (C=O) groups is 2. The second-order valence-electron chi connectivity index (χ2n) is 6.58. The molecule has 138 valence electrons. The van der Waals surface area contributed by atoms with Crippen LogP contribution in [0.3, 0.4) is 0 Å². The molecule has 0 aliphatic rings. The van der Waals surface area contributed by atoms with Gasteiger partial charge < -0.3 is 10.6 Å². The quantitative estimate of drug-likeness (QED) is 0.711. The Labute approximate surface area is 153 Å². The Morgan fingerprint density at radius 1 is 0.923 bits per heavy atom. The molecule has 4 nitrogen and oxygen atoms in total. The predicted molar refractivity (Wildman–Crippen MR) is 100 cm³/mol. The lowest BCUT2D eigenvalue weighted by atomic mass is 9.85. The highest BCUT2D eigenvalue weighted by molar-refractivity contribution is 5.94. The molecule has 0 radical (unpaired) electrons. The maximum atomic E-state index is 13.1. The molecule has 0 saturated carbocycles. The molecule has 0 aliphatic carbocycles. The van der Waals surface area contributed by atoms with Crippen molar-refractivity contribution < 1.29 is 14.0 Å².